The van der Waals surface area contributed by atoms with Gasteiger partial charge in [0.25, 0.3) is 0 Å². The van der Waals surface area contributed by atoms with Crippen molar-refractivity contribution in [3.8, 4) is 11.5 Å². The van der Waals surface area contributed by atoms with Gasteiger partial charge in [-0.05, 0) is 29.7 Å². The smallest absolute Gasteiger partial charge is 0.246 e. The molecule has 22 heavy (non-hydrogen) atoms. The predicted molar refractivity (Wildman–Crippen MR) is 89.4 cm³/mol. The molecule has 1 aromatic carbocycles. The first-order chi connectivity index (χ1) is 10.6. The molecule has 0 saturated carbocycles. The monoisotopic (exact) mass is 317 g/mol. The van der Waals surface area contributed by atoms with Crippen molar-refractivity contribution in [3.05, 3.63) is 52.2 Å². The molecule has 0 spiro atoms. The maximum absolute atomic E-state index is 12.1. The minimum absolute atomic E-state index is 0.0497. The lowest BCUT2D eigenvalue weighted by atomic mass is 10.1. The van der Waals surface area contributed by atoms with Crippen LogP contribution in [-0.4, -0.2) is 32.1 Å². The first kappa shape index (κ1) is 16.1. The minimum atomic E-state index is -0.0497. The van der Waals surface area contributed by atoms with Crippen molar-refractivity contribution in [2.24, 2.45) is 0 Å². The zero-order chi connectivity index (χ0) is 15.9. The van der Waals surface area contributed by atoms with E-state index >= 15 is 0 Å². The average Bonchev–Trinajstić information content (AvgIpc) is 3.06. The molecule has 1 heterocycles. The Morgan fingerprint density at radius 2 is 2.09 bits per heavy atom. The molecule has 2 rings (SSSR count). The summed E-state index contributed by atoms with van der Waals surface area (Å²) in [6.45, 7) is 0.473. The first-order valence-electron chi connectivity index (χ1n) is 6.81. The molecule has 0 aliphatic carbocycles. The Kier molecular flexibility index (Phi) is 5.61. The second-order valence-electron chi connectivity index (χ2n) is 4.72. The maximum Gasteiger partial charge on any atom is 0.246 e. The zero-order valence-corrected chi connectivity index (χ0v) is 13.7. The first-order valence-corrected chi connectivity index (χ1v) is 7.69. The third kappa shape index (κ3) is 4.11. The van der Waals surface area contributed by atoms with Gasteiger partial charge in [-0.25, -0.2) is 0 Å². The number of rotatable bonds is 6. The van der Waals surface area contributed by atoms with Crippen molar-refractivity contribution < 1.29 is 14.3 Å². The molecular formula is C17H19NO3S. The third-order valence-corrected chi connectivity index (χ3v) is 4.05. The van der Waals surface area contributed by atoms with Gasteiger partial charge in [-0.2, -0.15) is 0 Å². The SMILES string of the molecule is COc1ccc(CN(C)C(=O)/C=C/c2cccs2)c(OC)c1. The van der Waals surface area contributed by atoms with Gasteiger partial charge in [0.1, 0.15) is 11.5 Å². The molecule has 0 aliphatic heterocycles. The van der Waals surface area contributed by atoms with Crippen LogP contribution in [0.1, 0.15) is 10.4 Å². The third-order valence-electron chi connectivity index (χ3n) is 3.21. The summed E-state index contributed by atoms with van der Waals surface area (Å²) in [7, 11) is 4.99. The van der Waals surface area contributed by atoms with Crippen LogP contribution in [0.3, 0.4) is 0 Å². The van der Waals surface area contributed by atoms with Crippen LogP contribution in [0.15, 0.2) is 41.8 Å². The summed E-state index contributed by atoms with van der Waals surface area (Å²) < 4.78 is 10.5. The van der Waals surface area contributed by atoms with Gasteiger partial charge in [0.15, 0.2) is 0 Å². The van der Waals surface area contributed by atoms with Crippen molar-refractivity contribution in [3.63, 3.8) is 0 Å². The minimum Gasteiger partial charge on any atom is -0.497 e. The van der Waals surface area contributed by atoms with Crippen molar-refractivity contribution in [2.45, 2.75) is 6.54 Å². The number of carbonyl (C=O) groups excluding carboxylic acids is 1. The molecule has 0 N–H and O–H groups in total. The van der Waals surface area contributed by atoms with E-state index in [2.05, 4.69) is 0 Å². The summed E-state index contributed by atoms with van der Waals surface area (Å²) in [5.74, 6) is 1.39. The number of nitrogens with zero attached hydrogens (tertiary/aromatic N) is 1. The number of likely N-dealkylation sites (N-methyl/N-ethyl adjacent to an activating group) is 1. The van der Waals surface area contributed by atoms with Gasteiger partial charge in [0.2, 0.25) is 5.91 Å². The summed E-state index contributed by atoms with van der Waals surface area (Å²) >= 11 is 1.60. The fraction of sp³-hybridized carbons (Fsp3) is 0.235. The molecule has 2 aromatic rings. The fourth-order valence-electron chi connectivity index (χ4n) is 1.98. The zero-order valence-electron chi connectivity index (χ0n) is 12.9. The molecule has 0 atom stereocenters. The lowest BCUT2D eigenvalue weighted by Gasteiger charge is -2.17. The molecule has 0 unspecified atom stereocenters. The highest BCUT2D eigenvalue weighted by atomic mass is 32.1. The Bertz CT molecular complexity index is 650. The molecule has 5 heteroatoms. The van der Waals surface area contributed by atoms with E-state index in [1.54, 1.807) is 43.6 Å². The number of carbonyl (C=O) groups is 1. The van der Waals surface area contributed by atoms with E-state index < -0.39 is 0 Å². The second-order valence-corrected chi connectivity index (χ2v) is 5.70. The number of ether oxygens (including phenoxy) is 2. The van der Waals surface area contributed by atoms with E-state index in [1.165, 1.54) is 0 Å². The molecule has 1 amide bonds. The van der Waals surface area contributed by atoms with Crippen molar-refractivity contribution in [1.29, 1.82) is 0 Å². The van der Waals surface area contributed by atoms with E-state index in [4.69, 9.17) is 9.47 Å². The maximum atomic E-state index is 12.1. The Hall–Kier alpha value is -2.27. The highest BCUT2D eigenvalue weighted by Crippen LogP contribution is 2.25. The van der Waals surface area contributed by atoms with Gasteiger partial charge in [-0.15, -0.1) is 11.3 Å². The summed E-state index contributed by atoms with van der Waals surface area (Å²) in [6.07, 6.45) is 3.41. The van der Waals surface area contributed by atoms with Gasteiger partial charge in [0.05, 0.1) is 14.2 Å². The Morgan fingerprint density at radius 3 is 2.73 bits per heavy atom. The van der Waals surface area contributed by atoms with Crippen molar-refractivity contribution >= 4 is 23.3 Å². The number of thiophene rings is 1. The lowest BCUT2D eigenvalue weighted by Crippen LogP contribution is -2.24. The van der Waals surface area contributed by atoms with E-state index in [-0.39, 0.29) is 5.91 Å². The molecular weight excluding hydrogens is 298 g/mol. The summed E-state index contributed by atoms with van der Waals surface area (Å²) in [6, 6.07) is 9.51. The van der Waals surface area contributed by atoms with Gasteiger partial charge in [0, 0.05) is 36.2 Å². The van der Waals surface area contributed by atoms with E-state index in [0.717, 1.165) is 16.2 Å². The normalized spacial score (nSPS) is 10.7. The molecule has 0 radical (unpaired) electrons. The molecule has 1 aromatic heterocycles. The van der Waals surface area contributed by atoms with Crippen LogP contribution in [0.5, 0.6) is 11.5 Å². The van der Waals surface area contributed by atoms with Gasteiger partial charge in [-0.1, -0.05) is 6.07 Å². The van der Waals surface area contributed by atoms with Gasteiger partial charge < -0.3 is 14.4 Å². The Balaban J connectivity index is 2.04. The highest BCUT2D eigenvalue weighted by molar-refractivity contribution is 7.10. The summed E-state index contributed by atoms with van der Waals surface area (Å²) in [5.41, 5.74) is 0.934. The summed E-state index contributed by atoms with van der Waals surface area (Å²) in [5, 5.41) is 1.98. The quantitative estimate of drug-likeness (QED) is 0.766. The van der Waals surface area contributed by atoms with Crippen LogP contribution in [0.2, 0.25) is 0 Å². The van der Waals surface area contributed by atoms with Gasteiger partial charge >= 0.3 is 0 Å². The van der Waals surface area contributed by atoms with Crippen LogP contribution >= 0.6 is 11.3 Å². The van der Waals surface area contributed by atoms with Crippen LogP contribution in [0, 0.1) is 0 Å². The second kappa shape index (κ2) is 7.66. The molecule has 0 bridgehead atoms. The summed E-state index contributed by atoms with van der Waals surface area (Å²) in [4.78, 5) is 14.8. The van der Waals surface area contributed by atoms with Crippen LogP contribution in [-0.2, 0) is 11.3 Å². The molecule has 116 valence electrons. The van der Waals surface area contributed by atoms with Crippen LogP contribution in [0.25, 0.3) is 6.08 Å². The Morgan fingerprint density at radius 1 is 1.27 bits per heavy atom. The van der Waals surface area contributed by atoms with Crippen molar-refractivity contribution in [2.75, 3.05) is 21.3 Å². The number of benzene rings is 1. The van der Waals surface area contributed by atoms with E-state index in [9.17, 15) is 4.79 Å². The Labute approximate surface area is 134 Å². The van der Waals surface area contributed by atoms with Gasteiger partial charge in [-0.3, -0.25) is 4.79 Å². The number of hydrogen-bond donors (Lipinski definition) is 0. The van der Waals surface area contributed by atoms with E-state index in [1.807, 2.05) is 41.8 Å². The molecule has 0 fully saturated rings. The highest BCUT2D eigenvalue weighted by Gasteiger charge is 2.11. The molecule has 4 nitrogen and oxygen atoms in total. The van der Waals surface area contributed by atoms with Crippen LogP contribution in [0.4, 0.5) is 0 Å². The largest absolute Gasteiger partial charge is 0.497 e. The lowest BCUT2D eigenvalue weighted by molar-refractivity contribution is -0.125. The topological polar surface area (TPSA) is 38.8 Å². The fourth-order valence-corrected chi connectivity index (χ4v) is 2.60. The predicted octanol–water partition coefficient (Wildman–Crippen LogP) is 3.44. The average molecular weight is 317 g/mol. The van der Waals surface area contributed by atoms with Crippen molar-refractivity contribution in [1.82, 2.24) is 4.90 Å². The number of amides is 1. The van der Waals surface area contributed by atoms with E-state index in [0.29, 0.717) is 12.3 Å². The number of hydrogen-bond acceptors (Lipinski definition) is 4. The molecule has 0 saturated heterocycles. The van der Waals surface area contributed by atoms with Crippen LogP contribution < -0.4 is 9.47 Å². The standard InChI is InChI=1S/C17H19NO3S/c1-18(17(19)9-8-15-5-4-10-22-15)12-13-6-7-14(20-2)11-16(13)21-3/h4-11H,12H2,1-3H3/b9-8+. The number of methoxy groups -OCH3 is 2. The molecule has 0 aliphatic rings.